The summed E-state index contributed by atoms with van der Waals surface area (Å²) in [6.45, 7) is 2.06. The van der Waals surface area contributed by atoms with Crippen LogP contribution in [-0.4, -0.2) is 32.7 Å². The van der Waals surface area contributed by atoms with Crippen LogP contribution in [0.25, 0.3) is 0 Å². The van der Waals surface area contributed by atoms with E-state index >= 15 is 0 Å². The fourth-order valence-corrected chi connectivity index (χ4v) is 2.07. The van der Waals surface area contributed by atoms with Gasteiger partial charge in [-0.25, -0.2) is 0 Å². The highest BCUT2D eigenvalue weighted by Gasteiger charge is 2.42. The molecule has 0 aromatic heterocycles. The van der Waals surface area contributed by atoms with Crippen LogP contribution in [0.15, 0.2) is 0 Å². The van der Waals surface area contributed by atoms with Crippen LogP contribution in [-0.2, 0) is 9.53 Å². The van der Waals surface area contributed by atoms with Gasteiger partial charge < -0.3 is 15.8 Å². The molecule has 0 heterocycles. The van der Waals surface area contributed by atoms with Gasteiger partial charge in [-0.05, 0) is 32.1 Å². The van der Waals surface area contributed by atoms with Gasteiger partial charge in [0.2, 0.25) is 5.91 Å². The standard InChI is InChI=1S/C12H24N2O2/c1-16-9-4-2-3-8-14-11(15)12(10-13)6-5-7-12/h2-10,13H2,1H3,(H,14,15). The monoisotopic (exact) mass is 228 g/mol. The molecule has 3 N–H and O–H groups in total. The minimum atomic E-state index is -0.230. The maximum atomic E-state index is 11.9. The lowest BCUT2D eigenvalue weighted by molar-refractivity contribution is -0.135. The molecule has 0 unspecified atom stereocenters. The van der Waals surface area contributed by atoms with Gasteiger partial charge >= 0.3 is 0 Å². The van der Waals surface area contributed by atoms with Gasteiger partial charge in [0.1, 0.15) is 0 Å². The van der Waals surface area contributed by atoms with E-state index in [0.29, 0.717) is 6.54 Å². The van der Waals surface area contributed by atoms with Crippen LogP contribution in [0.5, 0.6) is 0 Å². The molecule has 0 aromatic carbocycles. The van der Waals surface area contributed by atoms with Crippen LogP contribution in [0.1, 0.15) is 38.5 Å². The Bertz CT molecular complexity index is 210. The van der Waals surface area contributed by atoms with Crippen molar-refractivity contribution in [3.63, 3.8) is 0 Å². The van der Waals surface area contributed by atoms with E-state index in [1.54, 1.807) is 7.11 Å². The van der Waals surface area contributed by atoms with Crippen molar-refractivity contribution in [1.82, 2.24) is 5.32 Å². The lowest BCUT2D eigenvalue weighted by Crippen LogP contribution is -2.50. The molecule has 1 amide bonds. The Morgan fingerprint density at radius 2 is 2.12 bits per heavy atom. The summed E-state index contributed by atoms with van der Waals surface area (Å²) in [6, 6.07) is 0. The average Bonchev–Trinajstić information content (AvgIpc) is 2.22. The molecule has 0 aromatic rings. The first kappa shape index (κ1) is 13.5. The van der Waals surface area contributed by atoms with E-state index in [4.69, 9.17) is 10.5 Å². The molecule has 1 aliphatic rings. The van der Waals surface area contributed by atoms with Gasteiger partial charge in [-0.1, -0.05) is 6.42 Å². The number of nitrogens with one attached hydrogen (secondary N) is 1. The van der Waals surface area contributed by atoms with Gasteiger partial charge in [-0.15, -0.1) is 0 Å². The molecule has 0 saturated heterocycles. The maximum absolute atomic E-state index is 11.9. The van der Waals surface area contributed by atoms with Gasteiger partial charge in [0.05, 0.1) is 5.41 Å². The van der Waals surface area contributed by atoms with Gasteiger partial charge in [0.15, 0.2) is 0 Å². The number of rotatable bonds is 8. The summed E-state index contributed by atoms with van der Waals surface area (Å²) in [7, 11) is 1.71. The highest BCUT2D eigenvalue weighted by atomic mass is 16.5. The van der Waals surface area contributed by atoms with Gasteiger partial charge in [-0.2, -0.15) is 0 Å². The first-order valence-corrected chi connectivity index (χ1v) is 6.22. The summed E-state index contributed by atoms with van der Waals surface area (Å²) < 4.78 is 4.96. The molecule has 0 radical (unpaired) electrons. The largest absolute Gasteiger partial charge is 0.385 e. The summed E-state index contributed by atoms with van der Waals surface area (Å²) in [5.41, 5.74) is 5.43. The van der Waals surface area contributed by atoms with Crippen LogP contribution < -0.4 is 11.1 Å². The van der Waals surface area contributed by atoms with Crippen molar-refractivity contribution in [3.05, 3.63) is 0 Å². The Labute approximate surface area is 97.9 Å². The second kappa shape index (κ2) is 6.86. The average molecular weight is 228 g/mol. The number of ether oxygens (including phenoxy) is 1. The number of nitrogens with two attached hydrogens (primary N) is 1. The predicted molar refractivity (Wildman–Crippen MR) is 64.1 cm³/mol. The van der Waals surface area contributed by atoms with Crippen molar-refractivity contribution in [2.75, 3.05) is 26.8 Å². The Balaban J connectivity index is 2.06. The molecule has 1 fully saturated rings. The Hall–Kier alpha value is -0.610. The first-order valence-electron chi connectivity index (χ1n) is 6.22. The molecule has 0 bridgehead atoms. The van der Waals surface area contributed by atoms with Crippen LogP contribution in [0, 0.1) is 5.41 Å². The van der Waals surface area contributed by atoms with Crippen molar-refractivity contribution >= 4 is 5.91 Å². The second-order valence-electron chi connectivity index (χ2n) is 4.65. The Kier molecular flexibility index (Phi) is 5.77. The highest BCUT2D eigenvalue weighted by Crippen LogP contribution is 2.39. The van der Waals surface area contributed by atoms with Crippen molar-refractivity contribution in [2.45, 2.75) is 38.5 Å². The van der Waals surface area contributed by atoms with Gasteiger partial charge in [0.25, 0.3) is 0 Å². The van der Waals surface area contributed by atoms with Crippen molar-refractivity contribution in [1.29, 1.82) is 0 Å². The molecule has 16 heavy (non-hydrogen) atoms. The maximum Gasteiger partial charge on any atom is 0.227 e. The molecule has 0 aliphatic heterocycles. The number of carbonyl (C=O) groups excluding carboxylic acids is 1. The van der Waals surface area contributed by atoms with Crippen molar-refractivity contribution in [3.8, 4) is 0 Å². The Morgan fingerprint density at radius 1 is 1.38 bits per heavy atom. The van der Waals surface area contributed by atoms with E-state index in [1.165, 1.54) is 0 Å². The zero-order valence-electron chi connectivity index (χ0n) is 10.3. The topological polar surface area (TPSA) is 64.3 Å². The van der Waals surface area contributed by atoms with Crippen LogP contribution >= 0.6 is 0 Å². The van der Waals surface area contributed by atoms with Gasteiger partial charge in [-0.3, -0.25) is 4.79 Å². The quantitative estimate of drug-likeness (QED) is 0.610. The summed E-state index contributed by atoms with van der Waals surface area (Å²) >= 11 is 0. The molecule has 1 rings (SSSR count). The molecule has 0 atom stereocenters. The normalized spacial score (nSPS) is 17.9. The third kappa shape index (κ3) is 3.46. The molecule has 1 saturated carbocycles. The van der Waals surface area contributed by atoms with Crippen LogP contribution in [0.3, 0.4) is 0 Å². The number of methoxy groups -OCH3 is 1. The summed E-state index contributed by atoms with van der Waals surface area (Å²) in [5, 5.41) is 2.99. The van der Waals surface area contributed by atoms with E-state index < -0.39 is 0 Å². The lowest BCUT2D eigenvalue weighted by atomic mass is 9.68. The fourth-order valence-electron chi connectivity index (χ4n) is 2.07. The predicted octanol–water partition coefficient (Wildman–Crippen LogP) is 1.05. The zero-order valence-corrected chi connectivity index (χ0v) is 10.3. The number of carbonyl (C=O) groups is 1. The molecule has 4 heteroatoms. The summed E-state index contributed by atoms with van der Waals surface area (Å²) in [4.78, 5) is 11.9. The van der Waals surface area contributed by atoms with E-state index in [9.17, 15) is 4.79 Å². The van der Waals surface area contributed by atoms with Crippen LogP contribution in [0.2, 0.25) is 0 Å². The molecule has 0 spiro atoms. The van der Waals surface area contributed by atoms with Gasteiger partial charge in [0, 0.05) is 26.8 Å². The number of amides is 1. The first-order chi connectivity index (χ1) is 7.75. The molecular formula is C12H24N2O2. The molecule has 94 valence electrons. The summed E-state index contributed by atoms with van der Waals surface area (Å²) in [5.74, 6) is 0.160. The molecular weight excluding hydrogens is 204 g/mol. The van der Waals surface area contributed by atoms with E-state index in [0.717, 1.165) is 51.7 Å². The number of unbranched alkanes of at least 4 members (excludes halogenated alkanes) is 2. The number of hydrogen-bond acceptors (Lipinski definition) is 3. The fraction of sp³-hybridized carbons (Fsp3) is 0.917. The highest BCUT2D eigenvalue weighted by molar-refractivity contribution is 5.83. The minimum Gasteiger partial charge on any atom is -0.385 e. The van der Waals surface area contributed by atoms with Crippen molar-refractivity contribution < 1.29 is 9.53 Å². The van der Waals surface area contributed by atoms with E-state index in [2.05, 4.69) is 5.32 Å². The minimum absolute atomic E-state index is 0.160. The molecule has 1 aliphatic carbocycles. The van der Waals surface area contributed by atoms with Crippen LogP contribution in [0.4, 0.5) is 0 Å². The number of hydrogen-bond donors (Lipinski definition) is 2. The SMILES string of the molecule is COCCCCCNC(=O)C1(CN)CCC1. The van der Waals surface area contributed by atoms with E-state index in [1.807, 2.05) is 0 Å². The second-order valence-corrected chi connectivity index (χ2v) is 4.65. The lowest BCUT2D eigenvalue weighted by Gasteiger charge is -2.39. The third-order valence-corrected chi connectivity index (χ3v) is 3.49. The molecule has 4 nitrogen and oxygen atoms in total. The Morgan fingerprint density at radius 3 is 2.62 bits per heavy atom. The zero-order chi connectivity index (χ0) is 11.9. The summed E-state index contributed by atoms with van der Waals surface area (Å²) in [6.07, 6.45) is 6.24. The van der Waals surface area contributed by atoms with E-state index in [-0.39, 0.29) is 11.3 Å². The van der Waals surface area contributed by atoms with Crippen molar-refractivity contribution in [2.24, 2.45) is 11.1 Å². The third-order valence-electron chi connectivity index (χ3n) is 3.49. The smallest absolute Gasteiger partial charge is 0.227 e.